The molecule has 34 heavy (non-hydrogen) atoms. The molecule has 6 nitrogen and oxygen atoms in total. The topological polar surface area (TPSA) is 86.0 Å². The molecule has 0 fully saturated rings. The molecule has 0 unspecified atom stereocenters. The molecule has 0 saturated heterocycles. The third-order valence-electron chi connectivity index (χ3n) is 4.46. The summed E-state index contributed by atoms with van der Waals surface area (Å²) >= 11 is 0. The second kappa shape index (κ2) is 9.57. The lowest BCUT2D eigenvalue weighted by Gasteiger charge is -2.10. The molecule has 10 heteroatoms. The van der Waals surface area contributed by atoms with Gasteiger partial charge in [0.25, 0.3) is 0 Å². The molecule has 0 bridgehead atoms. The number of ether oxygens (including phenoxy) is 1. The van der Waals surface area contributed by atoms with Crippen molar-refractivity contribution in [2.75, 3.05) is 11.1 Å². The van der Waals surface area contributed by atoms with Crippen LogP contribution in [0.25, 0.3) is 12.2 Å². The lowest BCUT2D eigenvalue weighted by molar-refractivity contribution is -0.141. The first kappa shape index (κ1) is 22.7. The molecule has 4 aromatic rings. The van der Waals surface area contributed by atoms with Gasteiger partial charge in [0, 0.05) is 24.0 Å². The predicted octanol–water partition coefficient (Wildman–Crippen LogP) is 6.32. The van der Waals surface area contributed by atoms with Crippen molar-refractivity contribution in [1.29, 1.82) is 0 Å². The summed E-state index contributed by atoms with van der Waals surface area (Å²) in [6.45, 7) is 0. The number of alkyl halides is 3. The summed E-state index contributed by atoms with van der Waals surface area (Å²) in [5, 5.41) is 3.08. The number of aromatic nitrogens is 3. The van der Waals surface area contributed by atoms with Gasteiger partial charge in [-0.25, -0.2) is 9.37 Å². The summed E-state index contributed by atoms with van der Waals surface area (Å²) in [4.78, 5) is 11.6. The van der Waals surface area contributed by atoms with E-state index in [1.165, 1.54) is 18.2 Å². The van der Waals surface area contributed by atoms with Crippen LogP contribution in [0.3, 0.4) is 0 Å². The van der Waals surface area contributed by atoms with Gasteiger partial charge in [0.1, 0.15) is 28.8 Å². The number of nitrogen functional groups attached to an aromatic ring is 1. The minimum absolute atomic E-state index is 0.0178. The van der Waals surface area contributed by atoms with Gasteiger partial charge in [-0.1, -0.05) is 18.2 Å². The third-order valence-corrected chi connectivity index (χ3v) is 4.46. The summed E-state index contributed by atoms with van der Waals surface area (Å²) in [7, 11) is 0. The minimum Gasteiger partial charge on any atom is -0.457 e. The fourth-order valence-corrected chi connectivity index (χ4v) is 2.91. The fourth-order valence-electron chi connectivity index (χ4n) is 2.91. The summed E-state index contributed by atoms with van der Waals surface area (Å²) in [6, 6.07) is 16.4. The standard InChI is InChI=1S/C24H17F4N5O/c25-16-4-1-15(2-5-16)3-6-18-13-22(33-23(29)32-18)31-17-7-9-19(10-8-17)34-20-11-12-30-21(14-20)24(26,27)28/h1-14H,(H3,29,31,32,33). The zero-order valence-electron chi connectivity index (χ0n) is 17.4. The van der Waals surface area contributed by atoms with Crippen LogP contribution in [0.4, 0.5) is 35.0 Å². The number of anilines is 3. The molecule has 0 radical (unpaired) electrons. The Morgan fingerprint density at radius 2 is 1.59 bits per heavy atom. The summed E-state index contributed by atoms with van der Waals surface area (Å²) in [5.74, 6) is 0.531. The number of hydrogen-bond donors (Lipinski definition) is 2. The van der Waals surface area contributed by atoms with Gasteiger partial charge in [-0.2, -0.15) is 18.2 Å². The molecule has 2 heterocycles. The van der Waals surface area contributed by atoms with E-state index in [-0.39, 0.29) is 17.5 Å². The zero-order valence-corrected chi connectivity index (χ0v) is 17.4. The highest BCUT2D eigenvalue weighted by Crippen LogP contribution is 2.31. The quantitative estimate of drug-likeness (QED) is 0.323. The van der Waals surface area contributed by atoms with Crippen LogP contribution in [-0.2, 0) is 6.18 Å². The van der Waals surface area contributed by atoms with Crippen molar-refractivity contribution >= 4 is 29.6 Å². The predicted molar refractivity (Wildman–Crippen MR) is 121 cm³/mol. The number of hydrogen-bond acceptors (Lipinski definition) is 6. The van der Waals surface area contributed by atoms with Gasteiger partial charge >= 0.3 is 6.18 Å². The Bertz CT molecular complexity index is 1310. The van der Waals surface area contributed by atoms with Crippen LogP contribution in [0.5, 0.6) is 11.5 Å². The van der Waals surface area contributed by atoms with E-state index in [1.54, 1.807) is 54.6 Å². The lowest BCUT2D eigenvalue weighted by atomic mass is 10.2. The Hall–Kier alpha value is -4.47. The fraction of sp³-hybridized carbons (Fsp3) is 0.0417. The van der Waals surface area contributed by atoms with Crippen LogP contribution in [-0.4, -0.2) is 15.0 Å². The van der Waals surface area contributed by atoms with Crippen molar-refractivity contribution in [3.8, 4) is 11.5 Å². The number of nitrogens with two attached hydrogens (primary N) is 1. The smallest absolute Gasteiger partial charge is 0.433 e. The van der Waals surface area contributed by atoms with Crippen LogP contribution in [0, 0.1) is 5.82 Å². The van der Waals surface area contributed by atoms with E-state index in [1.807, 2.05) is 0 Å². The van der Waals surface area contributed by atoms with E-state index in [9.17, 15) is 17.6 Å². The molecule has 0 spiro atoms. The molecule has 0 saturated carbocycles. The van der Waals surface area contributed by atoms with Crippen molar-refractivity contribution in [3.63, 3.8) is 0 Å². The van der Waals surface area contributed by atoms with Gasteiger partial charge in [-0.05, 0) is 54.1 Å². The Morgan fingerprint density at radius 1 is 0.853 bits per heavy atom. The van der Waals surface area contributed by atoms with Crippen LogP contribution < -0.4 is 15.8 Å². The first-order chi connectivity index (χ1) is 16.2. The van der Waals surface area contributed by atoms with Crippen LogP contribution >= 0.6 is 0 Å². The molecule has 2 aromatic carbocycles. The lowest BCUT2D eigenvalue weighted by Crippen LogP contribution is -2.07. The summed E-state index contributed by atoms with van der Waals surface area (Å²) in [6.07, 6.45) is -0.0347. The van der Waals surface area contributed by atoms with Crippen molar-refractivity contribution in [3.05, 3.63) is 95.7 Å². The highest BCUT2D eigenvalue weighted by atomic mass is 19.4. The van der Waals surface area contributed by atoms with E-state index in [2.05, 4.69) is 20.3 Å². The molecule has 0 aliphatic heterocycles. The van der Waals surface area contributed by atoms with Crippen molar-refractivity contribution in [2.24, 2.45) is 0 Å². The second-order valence-corrected chi connectivity index (χ2v) is 7.05. The van der Waals surface area contributed by atoms with Gasteiger partial charge in [0.15, 0.2) is 0 Å². The number of halogens is 4. The average molecular weight is 467 g/mol. The highest BCUT2D eigenvalue weighted by Gasteiger charge is 2.32. The first-order valence-corrected chi connectivity index (χ1v) is 9.91. The summed E-state index contributed by atoms with van der Waals surface area (Å²) < 4.78 is 57.0. The largest absolute Gasteiger partial charge is 0.457 e. The van der Waals surface area contributed by atoms with Gasteiger partial charge in [0.05, 0.1) is 5.69 Å². The van der Waals surface area contributed by atoms with Crippen molar-refractivity contribution < 1.29 is 22.3 Å². The molecule has 0 aliphatic rings. The SMILES string of the molecule is Nc1nc(C=Cc2ccc(F)cc2)cc(Nc2ccc(Oc3ccnc(C(F)(F)F)c3)cc2)n1. The number of nitrogens with one attached hydrogen (secondary N) is 1. The Morgan fingerprint density at radius 3 is 2.29 bits per heavy atom. The summed E-state index contributed by atoms with van der Waals surface area (Å²) in [5.41, 5.74) is 6.74. The Kier molecular flexibility index (Phi) is 6.39. The normalized spacial score (nSPS) is 11.5. The second-order valence-electron chi connectivity index (χ2n) is 7.05. The molecule has 3 N–H and O–H groups in total. The average Bonchev–Trinajstić information content (AvgIpc) is 2.79. The van der Waals surface area contributed by atoms with Gasteiger partial charge < -0.3 is 15.8 Å². The molecule has 172 valence electrons. The van der Waals surface area contributed by atoms with Gasteiger partial charge in [-0.15, -0.1) is 0 Å². The molecule has 4 rings (SSSR count). The van der Waals surface area contributed by atoms with E-state index in [0.717, 1.165) is 17.8 Å². The van der Waals surface area contributed by atoms with Crippen LogP contribution in [0.15, 0.2) is 72.9 Å². The molecule has 0 atom stereocenters. The molecule has 2 aromatic heterocycles. The molecular formula is C24H17F4N5O. The minimum atomic E-state index is -4.56. The monoisotopic (exact) mass is 467 g/mol. The number of nitrogens with zero attached hydrogens (tertiary/aromatic N) is 3. The van der Waals surface area contributed by atoms with Crippen LogP contribution in [0.1, 0.15) is 17.0 Å². The van der Waals surface area contributed by atoms with Crippen molar-refractivity contribution in [1.82, 2.24) is 15.0 Å². The zero-order chi connectivity index (χ0) is 24.1. The number of benzene rings is 2. The van der Waals surface area contributed by atoms with Crippen molar-refractivity contribution in [2.45, 2.75) is 6.18 Å². The van der Waals surface area contributed by atoms with Gasteiger partial charge in [-0.3, -0.25) is 4.98 Å². The molecule has 0 aliphatic carbocycles. The first-order valence-electron chi connectivity index (χ1n) is 9.91. The number of rotatable bonds is 6. The number of pyridine rings is 1. The maximum absolute atomic E-state index is 13.0. The highest BCUT2D eigenvalue weighted by molar-refractivity contribution is 5.70. The third kappa shape index (κ3) is 6.06. The van der Waals surface area contributed by atoms with E-state index in [4.69, 9.17) is 10.5 Å². The van der Waals surface area contributed by atoms with Crippen LogP contribution in [0.2, 0.25) is 0 Å². The Labute approximate surface area is 191 Å². The van der Waals surface area contributed by atoms with E-state index in [0.29, 0.717) is 22.9 Å². The maximum Gasteiger partial charge on any atom is 0.433 e. The maximum atomic E-state index is 13.0. The molecule has 0 amide bonds. The Balaban J connectivity index is 1.44. The van der Waals surface area contributed by atoms with E-state index < -0.39 is 11.9 Å². The van der Waals surface area contributed by atoms with E-state index >= 15 is 0 Å². The molecular weight excluding hydrogens is 450 g/mol. The van der Waals surface area contributed by atoms with Gasteiger partial charge in [0.2, 0.25) is 5.95 Å².